The van der Waals surface area contributed by atoms with Crippen LogP contribution in [0.4, 0.5) is 5.69 Å². The van der Waals surface area contributed by atoms with Crippen LogP contribution in [0.15, 0.2) is 42.6 Å². The van der Waals surface area contributed by atoms with Crippen LogP contribution in [-0.4, -0.2) is 22.0 Å². The molecule has 2 rings (SSSR count). The Kier molecular flexibility index (Phi) is 5.17. The van der Waals surface area contributed by atoms with Gasteiger partial charge in [0.1, 0.15) is 5.15 Å². The van der Waals surface area contributed by atoms with E-state index in [1.165, 1.54) is 0 Å². The molecule has 0 aliphatic rings. The minimum Gasteiger partial charge on any atom is -0.348 e. The molecule has 0 radical (unpaired) electrons. The standard InChI is InChI=1S/C14H13Cl2N3S/c1-19(9-10-6-7-13(16)17-8-10)14(20)18-12-5-3-2-4-11(12)15/h2-8H,9H2,1H3,(H,18,20). The molecule has 6 heteroatoms. The molecule has 1 heterocycles. The summed E-state index contributed by atoms with van der Waals surface area (Å²) in [5.74, 6) is 0. The lowest BCUT2D eigenvalue weighted by atomic mass is 10.3. The number of thiocarbonyl (C=S) groups is 1. The van der Waals surface area contributed by atoms with E-state index in [-0.39, 0.29) is 0 Å². The highest BCUT2D eigenvalue weighted by Gasteiger charge is 2.07. The number of halogens is 2. The Hall–Kier alpha value is -1.36. The number of nitrogens with one attached hydrogen (secondary N) is 1. The molecule has 0 amide bonds. The van der Waals surface area contributed by atoms with E-state index in [0.29, 0.717) is 21.8 Å². The summed E-state index contributed by atoms with van der Waals surface area (Å²) in [6.45, 7) is 0.639. The Labute approximate surface area is 133 Å². The summed E-state index contributed by atoms with van der Waals surface area (Å²) < 4.78 is 0. The largest absolute Gasteiger partial charge is 0.348 e. The van der Waals surface area contributed by atoms with Crippen LogP contribution >= 0.6 is 35.4 Å². The van der Waals surface area contributed by atoms with Gasteiger partial charge in [-0.3, -0.25) is 0 Å². The molecular weight excluding hydrogens is 313 g/mol. The van der Waals surface area contributed by atoms with Crippen molar-refractivity contribution >= 4 is 46.2 Å². The van der Waals surface area contributed by atoms with Crippen molar-refractivity contribution in [2.75, 3.05) is 12.4 Å². The van der Waals surface area contributed by atoms with Crippen LogP contribution in [0.2, 0.25) is 10.2 Å². The Morgan fingerprint density at radius 3 is 2.65 bits per heavy atom. The predicted molar refractivity (Wildman–Crippen MR) is 88.4 cm³/mol. The minimum absolute atomic E-state index is 0.480. The van der Waals surface area contributed by atoms with Gasteiger partial charge in [0.15, 0.2) is 5.11 Å². The molecule has 1 aromatic heterocycles. The number of aromatic nitrogens is 1. The van der Waals surface area contributed by atoms with E-state index in [0.717, 1.165) is 11.3 Å². The first-order chi connectivity index (χ1) is 9.56. The maximum atomic E-state index is 6.09. The number of hydrogen-bond donors (Lipinski definition) is 1. The summed E-state index contributed by atoms with van der Waals surface area (Å²) in [5, 5.41) is 4.83. The Bertz CT molecular complexity index is 602. The number of rotatable bonds is 3. The lowest BCUT2D eigenvalue weighted by Crippen LogP contribution is -2.30. The SMILES string of the molecule is CN(Cc1ccc(Cl)nc1)C(=S)Nc1ccccc1Cl. The van der Waals surface area contributed by atoms with Crippen LogP contribution in [0.25, 0.3) is 0 Å². The van der Waals surface area contributed by atoms with Gasteiger partial charge in [-0.2, -0.15) is 0 Å². The quantitative estimate of drug-likeness (QED) is 0.675. The zero-order valence-corrected chi connectivity index (χ0v) is 13.1. The molecule has 0 aliphatic carbocycles. The molecule has 0 spiro atoms. The van der Waals surface area contributed by atoms with Gasteiger partial charge in [-0.1, -0.05) is 41.4 Å². The molecule has 104 valence electrons. The number of pyridine rings is 1. The second kappa shape index (κ2) is 6.88. The van der Waals surface area contributed by atoms with Crippen molar-refractivity contribution in [3.63, 3.8) is 0 Å². The van der Waals surface area contributed by atoms with Gasteiger partial charge in [0.05, 0.1) is 10.7 Å². The van der Waals surface area contributed by atoms with E-state index in [1.54, 1.807) is 12.3 Å². The van der Waals surface area contributed by atoms with Crippen LogP contribution in [0.1, 0.15) is 5.56 Å². The molecule has 0 fully saturated rings. The molecule has 2 aromatic rings. The van der Waals surface area contributed by atoms with E-state index in [2.05, 4.69) is 10.3 Å². The third-order valence-electron chi connectivity index (χ3n) is 2.67. The third kappa shape index (κ3) is 4.07. The fraction of sp³-hybridized carbons (Fsp3) is 0.143. The summed E-state index contributed by atoms with van der Waals surface area (Å²) in [4.78, 5) is 5.95. The van der Waals surface area contributed by atoms with E-state index in [1.807, 2.05) is 42.3 Å². The summed E-state index contributed by atoms with van der Waals surface area (Å²) in [6.07, 6.45) is 1.73. The van der Waals surface area contributed by atoms with E-state index < -0.39 is 0 Å². The molecule has 0 aliphatic heterocycles. The molecule has 0 saturated carbocycles. The highest BCUT2D eigenvalue weighted by molar-refractivity contribution is 7.80. The van der Waals surface area contributed by atoms with Gasteiger partial charge in [-0.25, -0.2) is 4.98 Å². The van der Waals surface area contributed by atoms with Crippen molar-refractivity contribution in [2.45, 2.75) is 6.54 Å². The molecule has 0 bridgehead atoms. The summed E-state index contributed by atoms with van der Waals surface area (Å²) >= 11 is 17.2. The van der Waals surface area contributed by atoms with Crippen LogP contribution in [0.5, 0.6) is 0 Å². The van der Waals surface area contributed by atoms with Crippen molar-refractivity contribution in [3.05, 3.63) is 58.3 Å². The fourth-order valence-electron chi connectivity index (χ4n) is 1.62. The molecular formula is C14H13Cl2N3S. The molecule has 1 aromatic carbocycles. The van der Waals surface area contributed by atoms with E-state index in [4.69, 9.17) is 35.4 Å². The van der Waals surface area contributed by atoms with Gasteiger partial charge in [0.2, 0.25) is 0 Å². The lowest BCUT2D eigenvalue weighted by molar-refractivity contribution is 0.507. The average molecular weight is 326 g/mol. The first-order valence-electron chi connectivity index (χ1n) is 5.93. The van der Waals surface area contributed by atoms with Gasteiger partial charge in [-0.15, -0.1) is 0 Å². The minimum atomic E-state index is 0.480. The summed E-state index contributed by atoms with van der Waals surface area (Å²) in [7, 11) is 1.90. The topological polar surface area (TPSA) is 28.2 Å². The number of anilines is 1. The molecule has 20 heavy (non-hydrogen) atoms. The van der Waals surface area contributed by atoms with Crippen LogP contribution < -0.4 is 5.32 Å². The van der Waals surface area contributed by atoms with Crippen molar-refractivity contribution in [1.29, 1.82) is 0 Å². The predicted octanol–water partition coefficient (Wildman–Crippen LogP) is 4.22. The van der Waals surface area contributed by atoms with Crippen LogP contribution in [0.3, 0.4) is 0 Å². The third-order valence-corrected chi connectivity index (χ3v) is 3.64. The van der Waals surface area contributed by atoms with Crippen molar-refractivity contribution < 1.29 is 0 Å². The lowest BCUT2D eigenvalue weighted by Gasteiger charge is -2.21. The molecule has 1 N–H and O–H groups in total. The maximum Gasteiger partial charge on any atom is 0.173 e. The van der Waals surface area contributed by atoms with Crippen LogP contribution in [0, 0.1) is 0 Å². The van der Waals surface area contributed by atoms with E-state index in [9.17, 15) is 0 Å². The molecule has 0 unspecified atom stereocenters. The van der Waals surface area contributed by atoms with E-state index >= 15 is 0 Å². The molecule has 0 atom stereocenters. The summed E-state index contributed by atoms with van der Waals surface area (Å²) in [6, 6.07) is 11.2. The number of nitrogens with zero attached hydrogens (tertiary/aromatic N) is 2. The van der Waals surface area contributed by atoms with Crippen molar-refractivity contribution in [3.8, 4) is 0 Å². The van der Waals surface area contributed by atoms with Gasteiger partial charge in [0.25, 0.3) is 0 Å². The van der Waals surface area contributed by atoms with Crippen LogP contribution in [-0.2, 0) is 6.54 Å². The van der Waals surface area contributed by atoms with Gasteiger partial charge < -0.3 is 10.2 Å². The van der Waals surface area contributed by atoms with Crippen molar-refractivity contribution in [2.24, 2.45) is 0 Å². The van der Waals surface area contributed by atoms with Gasteiger partial charge in [-0.05, 0) is 36.0 Å². The highest BCUT2D eigenvalue weighted by atomic mass is 35.5. The highest BCUT2D eigenvalue weighted by Crippen LogP contribution is 2.21. The molecule has 0 saturated heterocycles. The Morgan fingerprint density at radius 2 is 2.00 bits per heavy atom. The normalized spacial score (nSPS) is 10.2. The van der Waals surface area contributed by atoms with Gasteiger partial charge in [0, 0.05) is 19.8 Å². The Balaban J connectivity index is 1.99. The second-order valence-electron chi connectivity index (χ2n) is 4.26. The fourth-order valence-corrected chi connectivity index (χ4v) is 2.09. The number of benzene rings is 1. The zero-order chi connectivity index (χ0) is 14.5. The monoisotopic (exact) mass is 325 g/mol. The average Bonchev–Trinajstić information content (AvgIpc) is 2.44. The molecule has 3 nitrogen and oxygen atoms in total. The second-order valence-corrected chi connectivity index (χ2v) is 5.44. The Morgan fingerprint density at radius 1 is 1.25 bits per heavy atom. The number of hydrogen-bond acceptors (Lipinski definition) is 2. The smallest absolute Gasteiger partial charge is 0.173 e. The number of para-hydroxylation sites is 1. The first kappa shape index (κ1) is 15.0. The first-order valence-corrected chi connectivity index (χ1v) is 7.10. The van der Waals surface area contributed by atoms with Gasteiger partial charge >= 0.3 is 0 Å². The maximum absolute atomic E-state index is 6.09. The summed E-state index contributed by atoms with van der Waals surface area (Å²) in [5.41, 5.74) is 1.82. The van der Waals surface area contributed by atoms with Crippen molar-refractivity contribution in [1.82, 2.24) is 9.88 Å². The zero-order valence-electron chi connectivity index (χ0n) is 10.8.